The third kappa shape index (κ3) is 3.82. The summed E-state index contributed by atoms with van der Waals surface area (Å²) < 4.78 is 7.05. The molecule has 2 heterocycles. The first-order chi connectivity index (χ1) is 9.72. The van der Waals surface area contributed by atoms with Crippen molar-refractivity contribution in [3.63, 3.8) is 0 Å². The van der Waals surface area contributed by atoms with Crippen molar-refractivity contribution >= 4 is 39.9 Å². The molecular formula is C13H16ClN3O2S. The molecule has 0 aliphatic carbocycles. The average Bonchev–Trinajstić information content (AvgIpc) is 2.97. The molecule has 1 amide bonds. The van der Waals surface area contributed by atoms with E-state index in [0.29, 0.717) is 30.6 Å². The van der Waals surface area contributed by atoms with Crippen LogP contribution in [-0.4, -0.2) is 35.1 Å². The molecule has 0 saturated heterocycles. The number of carbonyl (C=O) groups is 1. The zero-order valence-corrected chi connectivity index (χ0v) is 12.7. The first kappa shape index (κ1) is 15.0. The number of amides is 1. The summed E-state index contributed by atoms with van der Waals surface area (Å²) >= 11 is 7.53. The summed E-state index contributed by atoms with van der Waals surface area (Å²) in [5, 5.41) is 5.11. The second-order valence-corrected chi connectivity index (χ2v) is 5.25. The van der Waals surface area contributed by atoms with E-state index in [9.17, 15) is 4.79 Å². The van der Waals surface area contributed by atoms with Crippen LogP contribution in [0.15, 0.2) is 17.7 Å². The van der Waals surface area contributed by atoms with Crippen LogP contribution < -0.4 is 5.32 Å². The number of rotatable bonds is 7. The van der Waals surface area contributed by atoms with Crippen LogP contribution in [0, 0.1) is 0 Å². The Kier molecular flexibility index (Phi) is 5.58. The summed E-state index contributed by atoms with van der Waals surface area (Å²) in [4.78, 5) is 16.7. The SMILES string of the molecule is CCOCCCNC(=O)/C=C/c1c(Cl)nc2sccn12. The van der Waals surface area contributed by atoms with Gasteiger partial charge < -0.3 is 10.1 Å². The highest BCUT2D eigenvalue weighted by atomic mass is 35.5. The van der Waals surface area contributed by atoms with Crippen molar-refractivity contribution in [2.75, 3.05) is 19.8 Å². The first-order valence-corrected chi connectivity index (χ1v) is 7.63. The van der Waals surface area contributed by atoms with Gasteiger partial charge in [0.25, 0.3) is 0 Å². The van der Waals surface area contributed by atoms with Crippen LogP contribution in [0.1, 0.15) is 19.0 Å². The molecule has 0 bridgehead atoms. The van der Waals surface area contributed by atoms with Crippen LogP contribution in [-0.2, 0) is 9.53 Å². The molecule has 0 radical (unpaired) electrons. The molecule has 0 aliphatic rings. The molecule has 0 aromatic carbocycles. The number of hydrogen-bond acceptors (Lipinski definition) is 4. The Morgan fingerprint density at radius 1 is 1.65 bits per heavy atom. The van der Waals surface area contributed by atoms with Crippen molar-refractivity contribution < 1.29 is 9.53 Å². The van der Waals surface area contributed by atoms with Gasteiger partial charge in [-0.05, 0) is 19.4 Å². The van der Waals surface area contributed by atoms with E-state index in [1.807, 2.05) is 22.9 Å². The smallest absolute Gasteiger partial charge is 0.244 e. The maximum Gasteiger partial charge on any atom is 0.244 e. The van der Waals surface area contributed by atoms with Gasteiger partial charge in [-0.15, -0.1) is 11.3 Å². The van der Waals surface area contributed by atoms with Crippen LogP contribution in [0.5, 0.6) is 0 Å². The quantitative estimate of drug-likeness (QED) is 0.631. The molecule has 2 aromatic rings. The summed E-state index contributed by atoms with van der Waals surface area (Å²) in [6.07, 6.45) is 5.81. The fourth-order valence-electron chi connectivity index (χ4n) is 1.67. The highest BCUT2D eigenvalue weighted by Crippen LogP contribution is 2.22. The van der Waals surface area contributed by atoms with Gasteiger partial charge in [0, 0.05) is 37.4 Å². The molecule has 1 N–H and O–H groups in total. The summed E-state index contributed by atoms with van der Waals surface area (Å²) in [5.41, 5.74) is 0.715. The largest absolute Gasteiger partial charge is 0.382 e. The number of nitrogens with zero attached hydrogens (tertiary/aromatic N) is 2. The molecule has 0 atom stereocenters. The number of thiazole rings is 1. The molecule has 5 nitrogen and oxygen atoms in total. The predicted molar refractivity (Wildman–Crippen MR) is 81.2 cm³/mol. The molecule has 0 spiro atoms. The van der Waals surface area contributed by atoms with Gasteiger partial charge in [0.1, 0.15) is 0 Å². The van der Waals surface area contributed by atoms with Gasteiger partial charge in [-0.1, -0.05) is 11.6 Å². The zero-order valence-electron chi connectivity index (χ0n) is 11.1. The summed E-state index contributed by atoms with van der Waals surface area (Å²) in [7, 11) is 0. The summed E-state index contributed by atoms with van der Waals surface area (Å²) in [6.45, 7) is 3.90. The highest BCUT2D eigenvalue weighted by Gasteiger charge is 2.08. The molecule has 0 aliphatic heterocycles. The third-order valence-electron chi connectivity index (χ3n) is 2.62. The zero-order chi connectivity index (χ0) is 14.4. The van der Waals surface area contributed by atoms with Crippen molar-refractivity contribution in [2.45, 2.75) is 13.3 Å². The number of fused-ring (bicyclic) bond motifs is 1. The van der Waals surface area contributed by atoms with Crippen molar-refractivity contribution in [3.05, 3.63) is 28.5 Å². The van der Waals surface area contributed by atoms with Crippen LogP contribution in [0.2, 0.25) is 5.15 Å². The van der Waals surface area contributed by atoms with Crippen molar-refractivity contribution in [3.8, 4) is 0 Å². The Morgan fingerprint density at radius 2 is 2.50 bits per heavy atom. The van der Waals surface area contributed by atoms with Gasteiger partial charge in [-0.25, -0.2) is 4.98 Å². The molecule has 0 fully saturated rings. The lowest BCUT2D eigenvalue weighted by molar-refractivity contribution is -0.116. The van der Waals surface area contributed by atoms with E-state index in [4.69, 9.17) is 16.3 Å². The topological polar surface area (TPSA) is 55.6 Å². The first-order valence-electron chi connectivity index (χ1n) is 6.37. The van der Waals surface area contributed by atoms with Gasteiger partial charge in [-0.2, -0.15) is 0 Å². The fourth-order valence-corrected chi connectivity index (χ4v) is 2.67. The molecule has 20 heavy (non-hydrogen) atoms. The molecule has 0 saturated carbocycles. The lowest BCUT2D eigenvalue weighted by atomic mass is 10.3. The standard InChI is InChI=1S/C13H16ClN3O2S/c1-2-19-8-3-6-15-11(18)5-4-10-12(14)16-13-17(10)7-9-20-13/h4-5,7,9H,2-3,6,8H2,1H3,(H,15,18)/b5-4+. The minimum Gasteiger partial charge on any atom is -0.382 e. The molecule has 7 heteroatoms. The Bertz CT molecular complexity index is 606. The number of aromatic nitrogens is 2. The maximum absolute atomic E-state index is 11.6. The van der Waals surface area contributed by atoms with Gasteiger partial charge in [0.05, 0.1) is 5.69 Å². The van der Waals surface area contributed by atoms with Crippen molar-refractivity contribution in [1.29, 1.82) is 0 Å². The second kappa shape index (κ2) is 7.42. The van der Waals surface area contributed by atoms with Gasteiger partial charge >= 0.3 is 0 Å². The Labute approximate surface area is 126 Å². The number of hydrogen-bond donors (Lipinski definition) is 1. The number of halogens is 1. The molecule has 0 unspecified atom stereocenters. The summed E-state index contributed by atoms with van der Waals surface area (Å²) in [5.74, 6) is -0.150. The van der Waals surface area contributed by atoms with E-state index in [1.165, 1.54) is 17.4 Å². The van der Waals surface area contributed by atoms with E-state index in [1.54, 1.807) is 6.08 Å². The number of imidazole rings is 1. The van der Waals surface area contributed by atoms with E-state index in [0.717, 1.165) is 11.4 Å². The van der Waals surface area contributed by atoms with Crippen LogP contribution in [0.4, 0.5) is 0 Å². The van der Waals surface area contributed by atoms with Crippen LogP contribution >= 0.6 is 22.9 Å². The maximum atomic E-state index is 11.6. The molecule has 2 rings (SSSR count). The van der Waals surface area contributed by atoms with E-state index < -0.39 is 0 Å². The van der Waals surface area contributed by atoms with E-state index >= 15 is 0 Å². The van der Waals surface area contributed by atoms with Crippen LogP contribution in [0.25, 0.3) is 11.0 Å². The molecule has 108 valence electrons. The Morgan fingerprint density at radius 3 is 3.30 bits per heavy atom. The predicted octanol–water partition coefficient (Wildman–Crippen LogP) is 2.61. The van der Waals surface area contributed by atoms with Crippen molar-refractivity contribution in [2.24, 2.45) is 0 Å². The number of nitrogens with one attached hydrogen (secondary N) is 1. The lowest BCUT2D eigenvalue weighted by Gasteiger charge is -2.02. The molecule has 2 aromatic heterocycles. The van der Waals surface area contributed by atoms with E-state index in [2.05, 4.69) is 10.3 Å². The monoisotopic (exact) mass is 313 g/mol. The van der Waals surface area contributed by atoms with Crippen molar-refractivity contribution in [1.82, 2.24) is 14.7 Å². The van der Waals surface area contributed by atoms with E-state index in [-0.39, 0.29) is 5.91 Å². The third-order valence-corrected chi connectivity index (χ3v) is 3.65. The van der Waals surface area contributed by atoms with Crippen LogP contribution in [0.3, 0.4) is 0 Å². The molecular weight excluding hydrogens is 298 g/mol. The van der Waals surface area contributed by atoms with Gasteiger partial charge in [-0.3, -0.25) is 9.20 Å². The minimum atomic E-state index is -0.150. The second-order valence-electron chi connectivity index (χ2n) is 4.02. The van der Waals surface area contributed by atoms with Gasteiger partial charge in [0.2, 0.25) is 5.91 Å². The minimum absolute atomic E-state index is 0.150. The lowest BCUT2D eigenvalue weighted by Crippen LogP contribution is -2.23. The summed E-state index contributed by atoms with van der Waals surface area (Å²) in [6, 6.07) is 0. The number of carbonyl (C=O) groups excluding carboxylic acids is 1. The Balaban J connectivity index is 1.87. The Hall–Kier alpha value is -1.37. The average molecular weight is 314 g/mol. The normalized spacial score (nSPS) is 11.5. The number of ether oxygens (including phenoxy) is 1. The highest BCUT2D eigenvalue weighted by molar-refractivity contribution is 7.15. The van der Waals surface area contributed by atoms with Gasteiger partial charge in [0.15, 0.2) is 10.1 Å². The fraction of sp³-hybridized carbons (Fsp3) is 0.385.